The van der Waals surface area contributed by atoms with Crippen molar-refractivity contribution in [3.05, 3.63) is 87.7 Å². The second-order valence-electron chi connectivity index (χ2n) is 9.28. The number of benzene rings is 3. The van der Waals surface area contributed by atoms with Gasteiger partial charge in [-0.3, -0.25) is 4.79 Å². The molecule has 4 rings (SSSR count). The summed E-state index contributed by atoms with van der Waals surface area (Å²) >= 11 is 0. The quantitative estimate of drug-likeness (QED) is 0.291. The van der Waals surface area contributed by atoms with E-state index < -0.39 is 12.1 Å². The Labute approximate surface area is 221 Å². The molecule has 1 aromatic heterocycles. The molecule has 0 spiro atoms. The molecule has 0 radical (unpaired) electrons. The minimum Gasteiger partial charge on any atom is -0.494 e. The van der Waals surface area contributed by atoms with Gasteiger partial charge < -0.3 is 14.6 Å². The molecule has 0 unspecified atom stereocenters. The fourth-order valence-corrected chi connectivity index (χ4v) is 4.12. The molecule has 4 aromatic rings. The fraction of sp³-hybridized carbons (Fsp3) is 0.267. The molecule has 1 N–H and O–H groups in total. The van der Waals surface area contributed by atoms with E-state index in [0.29, 0.717) is 34.6 Å². The van der Waals surface area contributed by atoms with Crippen molar-refractivity contribution in [2.24, 2.45) is 5.10 Å². The number of aromatic nitrogens is 2. The van der Waals surface area contributed by atoms with Gasteiger partial charge in [0.25, 0.3) is 5.56 Å². The van der Waals surface area contributed by atoms with Gasteiger partial charge in [-0.1, -0.05) is 38.1 Å². The van der Waals surface area contributed by atoms with E-state index in [1.54, 1.807) is 36.4 Å². The Balaban J connectivity index is 1.87. The highest BCUT2D eigenvalue weighted by molar-refractivity contribution is 5.83. The van der Waals surface area contributed by atoms with Crippen molar-refractivity contribution in [1.82, 2.24) is 9.66 Å². The lowest BCUT2D eigenvalue weighted by molar-refractivity contribution is -0.144. The van der Waals surface area contributed by atoms with Crippen LogP contribution in [0.2, 0.25) is 0 Å². The molecule has 0 saturated carbocycles. The van der Waals surface area contributed by atoms with Crippen LogP contribution in [-0.4, -0.2) is 39.7 Å². The number of carbonyl (C=O) groups is 1. The highest BCUT2D eigenvalue weighted by Gasteiger charge is 2.18. The van der Waals surface area contributed by atoms with Crippen molar-refractivity contribution >= 4 is 23.1 Å². The maximum atomic E-state index is 13.6. The Morgan fingerprint density at radius 1 is 1.11 bits per heavy atom. The molecule has 0 aliphatic rings. The van der Waals surface area contributed by atoms with E-state index >= 15 is 0 Å². The predicted octanol–water partition coefficient (Wildman–Crippen LogP) is 5.63. The van der Waals surface area contributed by atoms with Crippen molar-refractivity contribution < 1.29 is 19.4 Å². The minimum atomic E-state index is -1.06. The number of ether oxygens (including phenoxy) is 2. The molecule has 0 bridgehead atoms. The molecule has 196 valence electrons. The molecule has 8 nitrogen and oxygen atoms in total. The number of para-hydroxylation sites is 1. The normalized spacial score (nSPS) is 12.3. The standard InChI is InChI=1S/C30H31N3O5/c1-6-37-27-14-19(4)25(16-24(27)18(2)3)28-32-26-13-8-7-12-23(26)29(34)33(28)31-17-21-10-9-11-22(15-21)38-20(5)30(35)36/h7-18,20H,6H2,1-5H3,(H,35,36)/t20-/m1/s1. The first-order valence-corrected chi connectivity index (χ1v) is 12.5. The molecule has 3 aromatic carbocycles. The predicted molar refractivity (Wildman–Crippen MR) is 149 cm³/mol. The first-order valence-electron chi connectivity index (χ1n) is 12.5. The van der Waals surface area contributed by atoms with Crippen LogP contribution in [0.5, 0.6) is 11.5 Å². The van der Waals surface area contributed by atoms with Crippen molar-refractivity contribution in [3.63, 3.8) is 0 Å². The van der Waals surface area contributed by atoms with Gasteiger partial charge in [-0.25, -0.2) is 9.78 Å². The van der Waals surface area contributed by atoms with E-state index in [1.807, 2.05) is 38.1 Å². The summed E-state index contributed by atoms with van der Waals surface area (Å²) in [5.41, 5.74) is 3.62. The van der Waals surface area contributed by atoms with Crippen LogP contribution >= 0.6 is 0 Å². The highest BCUT2D eigenvalue weighted by atomic mass is 16.5. The molecule has 0 aliphatic heterocycles. The van der Waals surface area contributed by atoms with E-state index in [2.05, 4.69) is 18.9 Å². The summed E-state index contributed by atoms with van der Waals surface area (Å²) in [4.78, 5) is 29.6. The summed E-state index contributed by atoms with van der Waals surface area (Å²) in [6.45, 7) is 10.1. The maximum Gasteiger partial charge on any atom is 0.344 e. The molecule has 8 heteroatoms. The minimum absolute atomic E-state index is 0.191. The topological polar surface area (TPSA) is 103 Å². The smallest absolute Gasteiger partial charge is 0.344 e. The van der Waals surface area contributed by atoms with Gasteiger partial charge in [0.1, 0.15) is 11.5 Å². The second kappa shape index (κ2) is 11.3. The number of aryl methyl sites for hydroxylation is 1. The van der Waals surface area contributed by atoms with E-state index in [-0.39, 0.29) is 11.5 Å². The Morgan fingerprint density at radius 2 is 1.87 bits per heavy atom. The summed E-state index contributed by atoms with van der Waals surface area (Å²) in [6, 6.07) is 18.0. The first-order chi connectivity index (χ1) is 18.2. The summed E-state index contributed by atoms with van der Waals surface area (Å²) in [7, 11) is 0. The van der Waals surface area contributed by atoms with Gasteiger partial charge in [-0.2, -0.15) is 9.78 Å². The molecule has 0 aliphatic carbocycles. The lowest BCUT2D eigenvalue weighted by atomic mass is 9.96. The van der Waals surface area contributed by atoms with Gasteiger partial charge in [0.2, 0.25) is 0 Å². The van der Waals surface area contributed by atoms with Gasteiger partial charge >= 0.3 is 5.97 Å². The van der Waals surface area contributed by atoms with E-state index in [0.717, 1.165) is 22.4 Å². The Bertz CT molecular complexity index is 1570. The number of aliphatic carboxylic acids is 1. The van der Waals surface area contributed by atoms with Crippen LogP contribution in [0, 0.1) is 6.92 Å². The monoisotopic (exact) mass is 513 g/mol. The van der Waals surface area contributed by atoms with Gasteiger partial charge in [-0.05, 0) is 79.8 Å². The van der Waals surface area contributed by atoms with E-state index in [4.69, 9.17) is 19.6 Å². The molecule has 38 heavy (non-hydrogen) atoms. The van der Waals surface area contributed by atoms with Crippen LogP contribution in [0.1, 0.15) is 50.3 Å². The number of hydrogen-bond acceptors (Lipinski definition) is 6. The molecule has 0 amide bonds. The number of carboxylic acids is 1. The molecule has 0 fully saturated rings. The lowest BCUT2D eigenvalue weighted by Gasteiger charge is -2.18. The number of fused-ring (bicyclic) bond motifs is 1. The van der Waals surface area contributed by atoms with E-state index in [9.17, 15) is 9.59 Å². The molecular weight excluding hydrogens is 482 g/mol. The second-order valence-corrected chi connectivity index (χ2v) is 9.28. The van der Waals surface area contributed by atoms with Gasteiger partial charge in [0.15, 0.2) is 11.9 Å². The molecule has 1 atom stereocenters. The lowest BCUT2D eigenvalue weighted by Crippen LogP contribution is -2.22. The highest BCUT2D eigenvalue weighted by Crippen LogP contribution is 2.34. The molecular formula is C30H31N3O5. The van der Waals surface area contributed by atoms with Crippen LogP contribution in [0.4, 0.5) is 0 Å². The SMILES string of the molecule is CCOc1cc(C)c(-c2nc3ccccc3c(=O)n2N=Cc2cccc(O[C@H](C)C(=O)O)c2)cc1C(C)C. The third-order valence-corrected chi connectivity index (χ3v) is 6.11. The molecule has 0 saturated heterocycles. The largest absolute Gasteiger partial charge is 0.494 e. The summed E-state index contributed by atoms with van der Waals surface area (Å²) in [6.07, 6.45) is 0.534. The van der Waals surface area contributed by atoms with Crippen LogP contribution in [0.15, 0.2) is 70.6 Å². The summed E-state index contributed by atoms with van der Waals surface area (Å²) < 4.78 is 12.7. The first kappa shape index (κ1) is 26.6. The Kier molecular flexibility index (Phi) is 7.90. The van der Waals surface area contributed by atoms with Crippen molar-refractivity contribution in [2.75, 3.05) is 6.61 Å². The van der Waals surface area contributed by atoms with Crippen molar-refractivity contribution in [3.8, 4) is 22.9 Å². The van der Waals surface area contributed by atoms with Crippen LogP contribution in [-0.2, 0) is 4.79 Å². The number of nitrogens with zero attached hydrogens (tertiary/aromatic N) is 3. The maximum absolute atomic E-state index is 13.6. The molecule has 1 heterocycles. The van der Waals surface area contributed by atoms with Crippen LogP contribution in [0.25, 0.3) is 22.3 Å². The van der Waals surface area contributed by atoms with Crippen LogP contribution < -0.4 is 15.0 Å². The van der Waals surface area contributed by atoms with Gasteiger partial charge in [-0.15, -0.1) is 0 Å². The number of rotatable bonds is 9. The average molecular weight is 514 g/mol. The zero-order valence-electron chi connectivity index (χ0n) is 22.1. The fourth-order valence-electron chi connectivity index (χ4n) is 4.12. The number of carboxylic acid groups (broad SMARTS) is 1. The Hall–Kier alpha value is -4.46. The third-order valence-electron chi connectivity index (χ3n) is 6.11. The third kappa shape index (κ3) is 5.59. The average Bonchev–Trinajstić information content (AvgIpc) is 2.88. The zero-order chi connectivity index (χ0) is 27.4. The Morgan fingerprint density at radius 3 is 2.58 bits per heavy atom. The van der Waals surface area contributed by atoms with Gasteiger partial charge in [0.05, 0.1) is 23.7 Å². The number of hydrogen-bond donors (Lipinski definition) is 1. The summed E-state index contributed by atoms with van der Waals surface area (Å²) in [5, 5.41) is 14.1. The zero-order valence-corrected chi connectivity index (χ0v) is 22.1. The van der Waals surface area contributed by atoms with E-state index in [1.165, 1.54) is 17.8 Å². The van der Waals surface area contributed by atoms with Crippen molar-refractivity contribution in [1.29, 1.82) is 0 Å². The van der Waals surface area contributed by atoms with Crippen molar-refractivity contribution in [2.45, 2.75) is 46.6 Å². The van der Waals surface area contributed by atoms with Crippen LogP contribution in [0.3, 0.4) is 0 Å². The summed E-state index contributed by atoms with van der Waals surface area (Å²) in [5.74, 6) is 0.746. The van der Waals surface area contributed by atoms with Gasteiger partial charge in [0, 0.05) is 5.56 Å².